The quantitative estimate of drug-likeness (QED) is 0.288. The van der Waals surface area contributed by atoms with Gasteiger partial charge in [-0.15, -0.1) is 0 Å². The molecule has 6 nitrogen and oxygen atoms in total. The van der Waals surface area contributed by atoms with E-state index >= 15 is 0 Å². The Morgan fingerprint density at radius 3 is 2.67 bits per heavy atom. The molecule has 0 aliphatic carbocycles. The molecule has 0 unspecified atom stereocenters. The van der Waals surface area contributed by atoms with E-state index in [2.05, 4.69) is 9.71 Å². The van der Waals surface area contributed by atoms with Gasteiger partial charge in [0.1, 0.15) is 0 Å². The Kier molecular flexibility index (Phi) is 4.37. The van der Waals surface area contributed by atoms with Gasteiger partial charge in [-0.1, -0.05) is 25.1 Å². The molecule has 3 aromatic rings. The number of fused-ring (bicyclic) bond motifs is 1. The van der Waals surface area contributed by atoms with Crippen molar-refractivity contribution >= 4 is 32.8 Å². The van der Waals surface area contributed by atoms with Crippen LogP contribution in [0, 0.1) is 0 Å². The number of H-pyrrole nitrogens is 1. The van der Waals surface area contributed by atoms with Crippen molar-refractivity contribution in [1.82, 2.24) is 9.71 Å². The lowest BCUT2D eigenvalue weighted by Crippen LogP contribution is -2.24. The van der Waals surface area contributed by atoms with Crippen LogP contribution in [0.5, 0.6) is 0 Å². The van der Waals surface area contributed by atoms with Gasteiger partial charge in [0.15, 0.2) is 0 Å². The van der Waals surface area contributed by atoms with Crippen molar-refractivity contribution in [2.24, 2.45) is 0 Å². The molecule has 24 heavy (non-hydrogen) atoms. The number of sulfonamides is 1. The zero-order valence-corrected chi connectivity index (χ0v) is 13.9. The highest BCUT2D eigenvalue weighted by Crippen LogP contribution is 2.22. The summed E-state index contributed by atoms with van der Waals surface area (Å²) in [5, 5.41) is 11.1. The van der Waals surface area contributed by atoms with Crippen molar-refractivity contribution < 1.29 is 18.4 Å². The lowest BCUT2D eigenvalue weighted by atomic mass is 10.2. The zero-order chi connectivity index (χ0) is 17.2. The van der Waals surface area contributed by atoms with Crippen LogP contribution in [0.1, 0.15) is 12.5 Å². The molecular formula is C17H18N3O3S+. The first kappa shape index (κ1) is 16.2. The minimum atomic E-state index is -3.67. The van der Waals surface area contributed by atoms with Gasteiger partial charge in [0.25, 0.3) is 5.69 Å². The summed E-state index contributed by atoms with van der Waals surface area (Å²) in [6.45, 7) is 2.01. The first-order chi connectivity index (χ1) is 11.5. The number of para-hydroxylation sites is 1. The van der Waals surface area contributed by atoms with Gasteiger partial charge in [-0.05, 0) is 18.2 Å². The molecule has 0 amide bonds. The SMILES string of the molecule is CCNS(=O)(=O)c1cc2cc[nH]c2cc1/C=[N+](\O)c1ccccc1. The first-order valence-corrected chi connectivity index (χ1v) is 8.98. The van der Waals surface area contributed by atoms with Gasteiger partial charge in [-0.25, -0.2) is 13.1 Å². The fraction of sp³-hybridized carbons (Fsp3) is 0.118. The Balaban J connectivity index is 2.18. The van der Waals surface area contributed by atoms with E-state index in [4.69, 9.17) is 0 Å². The standard InChI is InChI=1S/C17H17N3O3S/c1-2-19-24(22,23)17-11-13-8-9-18-16(13)10-14(17)12-20(21)15-6-4-3-5-7-15/h3-12,19,21H,2H2,1H3/p+1. The monoisotopic (exact) mass is 344 g/mol. The lowest BCUT2D eigenvalue weighted by Gasteiger charge is -2.07. The second kappa shape index (κ2) is 6.46. The highest BCUT2D eigenvalue weighted by Gasteiger charge is 2.21. The van der Waals surface area contributed by atoms with Crippen LogP contribution < -0.4 is 4.72 Å². The van der Waals surface area contributed by atoms with Gasteiger partial charge >= 0.3 is 0 Å². The Bertz CT molecular complexity index is 992. The number of aromatic amines is 1. The average molecular weight is 344 g/mol. The van der Waals surface area contributed by atoms with Gasteiger partial charge in [-0.3, -0.25) is 5.21 Å². The summed E-state index contributed by atoms with van der Waals surface area (Å²) in [5.41, 5.74) is 1.71. The Hall–Kier alpha value is -2.64. The van der Waals surface area contributed by atoms with Crippen LogP contribution in [-0.2, 0) is 10.0 Å². The van der Waals surface area contributed by atoms with Gasteiger partial charge in [0.05, 0.1) is 10.5 Å². The van der Waals surface area contributed by atoms with E-state index < -0.39 is 10.0 Å². The van der Waals surface area contributed by atoms with E-state index in [-0.39, 0.29) is 11.4 Å². The number of rotatable bonds is 5. The van der Waals surface area contributed by atoms with Gasteiger partial charge in [0, 0.05) is 40.5 Å². The number of nitrogens with zero attached hydrogens (tertiary/aromatic N) is 1. The van der Waals surface area contributed by atoms with Crippen molar-refractivity contribution in [3.63, 3.8) is 0 Å². The molecule has 124 valence electrons. The van der Waals surface area contributed by atoms with Gasteiger partial charge < -0.3 is 4.98 Å². The van der Waals surface area contributed by atoms with Crippen molar-refractivity contribution in [1.29, 1.82) is 0 Å². The summed E-state index contributed by atoms with van der Waals surface area (Å²) in [6, 6.07) is 14.0. The summed E-state index contributed by atoms with van der Waals surface area (Å²) in [6.07, 6.45) is 3.13. The molecule has 7 heteroatoms. The summed E-state index contributed by atoms with van der Waals surface area (Å²) in [5.74, 6) is 0. The van der Waals surface area contributed by atoms with E-state index in [1.165, 1.54) is 6.21 Å². The predicted molar refractivity (Wildman–Crippen MR) is 92.5 cm³/mol. The number of benzene rings is 2. The molecule has 0 saturated heterocycles. The molecule has 3 rings (SSSR count). The fourth-order valence-electron chi connectivity index (χ4n) is 2.48. The molecule has 0 saturated carbocycles. The molecule has 0 aliphatic rings. The second-order valence-electron chi connectivity index (χ2n) is 5.27. The molecule has 2 aromatic carbocycles. The van der Waals surface area contributed by atoms with Gasteiger partial charge in [-0.2, -0.15) is 0 Å². The van der Waals surface area contributed by atoms with Crippen LogP contribution in [0.3, 0.4) is 0 Å². The molecule has 0 bridgehead atoms. The van der Waals surface area contributed by atoms with E-state index in [0.29, 0.717) is 11.3 Å². The molecule has 1 heterocycles. The third kappa shape index (κ3) is 3.17. The third-order valence-corrected chi connectivity index (χ3v) is 5.19. The predicted octanol–water partition coefficient (Wildman–Crippen LogP) is 2.62. The van der Waals surface area contributed by atoms with Gasteiger partial charge in [0.2, 0.25) is 16.2 Å². The maximum Gasteiger partial charge on any atom is 0.257 e. The largest absolute Gasteiger partial charge is 0.361 e. The second-order valence-corrected chi connectivity index (χ2v) is 7.00. The molecule has 0 radical (unpaired) electrons. The Morgan fingerprint density at radius 1 is 1.21 bits per heavy atom. The van der Waals surface area contributed by atoms with Crippen LogP contribution in [-0.4, -0.2) is 36.1 Å². The average Bonchev–Trinajstić information content (AvgIpc) is 3.02. The Morgan fingerprint density at radius 2 is 1.96 bits per heavy atom. The lowest BCUT2D eigenvalue weighted by molar-refractivity contribution is -0.709. The maximum atomic E-state index is 12.5. The van der Waals surface area contributed by atoms with Crippen molar-refractivity contribution in [3.8, 4) is 0 Å². The highest BCUT2D eigenvalue weighted by molar-refractivity contribution is 7.89. The topological polar surface area (TPSA) is 85.2 Å². The van der Waals surface area contributed by atoms with E-state index in [0.717, 1.165) is 15.6 Å². The summed E-state index contributed by atoms with van der Waals surface area (Å²) in [4.78, 5) is 3.17. The molecule has 0 atom stereocenters. The minimum Gasteiger partial charge on any atom is -0.361 e. The molecule has 0 spiro atoms. The summed E-state index contributed by atoms with van der Waals surface area (Å²) >= 11 is 0. The third-order valence-electron chi connectivity index (χ3n) is 3.59. The van der Waals surface area contributed by atoms with E-state index in [1.807, 2.05) is 6.07 Å². The highest BCUT2D eigenvalue weighted by atomic mass is 32.2. The zero-order valence-electron chi connectivity index (χ0n) is 13.1. The van der Waals surface area contributed by atoms with Crippen LogP contribution >= 0.6 is 0 Å². The van der Waals surface area contributed by atoms with E-state index in [1.54, 1.807) is 55.6 Å². The molecule has 0 aliphatic heterocycles. The molecular weight excluding hydrogens is 326 g/mol. The van der Waals surface area contributed by atoms with Crippen molar-refractivity contribution in [2.75, 3.05) is 6.54 Å². The number of hydrogen-bond donors (Lipinski definition) is 3. The molecule has 0 fully saturated rings. The molecule has 1 aromatic heterocycles. The van der Waals surface area contributed by atoms with Crippen LogP contribution in [0.4, 0.5) is 5.69 Å². The summed E-state index contributed by atoms with van der Waals surface area (Å²) < 4.78 is 28.4. The number of aromatic nitrogens is 1. The van der Waals surface area contributed by atoms with Crippen LogP contribution in [0.2, 0.25) is 0 Å². The summed E-state index contributed by atoms with van der Waals surface area (Å²) in [7, 11) is -3.67. The number of nitrogens with one attached hydrogen (secondary N) is 2. The number of hydrogen-bond acceptors (Lipinski definition) is 3. The maximum absolute atomic E-state index is 12.5. The molecule has 3 N–H and O–H groups in total. The van der Waals surface area contributed by atoms with Crippen molar-refractivity contribution in [3.05, 3.63) is 60.3 Å². The normalized spacial score (nSPS) is 12.6. The minimum absolute atomic E-state index is 0.117. The fourth-order valence-corrected chi connectivity index (χ4v) is 3.72. The van der Waals surface area contributed by atoms with Crippen molar-refractivity contribution in [2.45, 2.75) is 11.8 Å². The smallest absolute Gasteiger partial charge is 0.257 e. The Labute approximate surface area is 140 Å². The first-order valence-electron chi connectivity index (χ1n) is 7.50. The van der Waals surface area contributed by atoms with Crippen LogP contribution in [0.25, 0.3) is 10.9 Å². The van der Waals surface area contributed by atoms with E-state index in [9.17, 15) is 13.6 Å². The van der Waals surface area contributed by atoms with Crippen LogP contribution in [0.15, 0.2) is 59.6 Å².